The number of hydrogen-bond donors (Lipinski definition) is 1. The smallest absolute Gasteiger partial charge is 0.335 e. The summed E-state index contributed by atoms with van der Waals surface area (Å²) in [4.78, 5) is 35.2. The fraction of sp³-hybridized carbons (Fsp3) is 0.280. The highest BCUT2D eigenvalue weighted by molar-refractivity contribution is 6.02. The molecule has 7 nitrogen and oxygen atoms in total. The van der Waals surface area contributed by atoms with E-state index in [1.54, 1.807) is 4.57 Å². The van der Waals surface area contributed by atoms with Crippen LogP contribution < -0.4 is 11.4 Å². The van der Waals surface area contributed by atoms with E-state index < -0.39 is 5.91 Å². The van der Waals surface area contributed by atoms with Crippen molar-refractivity contribution >= 4 is 17.1 Å². The number of benzene rings is 2. The molecule has 2 heterocycles. The van der Waals surface area contributed by atoms with Gasteiger partial charge in [-0.3, -0.25) is 9.36 Å². The van der Waals surface area contributed by atoms with Gasteiger partial charge in [0.1, 0.15) is 5.52 Å². The fourth-order valence-electron chi connectivity index (χ4n) is 4.36. The van der Waals surface area contributed by atoms with Gasteiger partial charge < -0.3 is 5.73 Å². The zero-order valence-corrected chi connectivity index (χ0v) is 19.3. The van der Waals surface area contributed by atoms with E-state index in [-0.39, 0.29) is 11.4 Å². The summed E-state index contributed by atoms with van der Waals surface area (Å²) in [6.07, 6.45) is 0. The molecule has 0 fully saturated rings. The zero-order chi connectivity index (χ0) is 23.3. The largest absolute Gasteiger partial charge is 0.364 e. The molecule has 0 aliphatic carbocycles. The second-order valence-corrected chi connectivity index (χ2v) is 8.34. The number of amides is 1. The van der Waals surface area contributed by atoms with E-state index in [0.717, 1.165) is 33.4 Å². The number of nitrogens with two attached hydrogens (primary N) is 1. The third-order valence-corrected chi connectivity index (χ3v) is 5.97. The van der Waals surface area contributed by atoms with Crippen LogP contribution in [0.2, 0.25) is 0 Å². The second-order valence-electron chi connectivity index (χ2n) is 8.34. The maximum atomic E-state index is 13.4. The van der Waals surface area contributed by atoms with Gasteiger partial charge in [-0.1, -0.05) is 23.8 Å². The molecule has 0 aliphatic rings. The van der Waals surface area contributed by atoms with Gasteiger partial charge in [0.15, 0.2) is 17.2 Å². The quantitative estimate of drug-likeness (QED) is 0.532. The molecule has 0 unspecified atom stereocenters. The van der Waals surface area contributed by atoms with Crippen LogP contribution in [0, 0.1) is 34.6 Å². The van der Waals surface area contributed by atoms with Gasteiger partial charge in [0.25, 0.3) is 5.91 Å². The standard InChI is InChI=1S/C25H27N5O2/c1-7-29-21-20(22(26)31)27-23(19-16(5)10-13(2)11-17(19)6)28-24(21)30(25(29)32)18-9-8-14(3)15(4)12-18/h8-12H,7H2,1-6H3,(H2,26,31). The molecule has 0 saturated carbocycles. The van der Waals surface area contributed by atoms with Gasteiger partial charge in [0.2, 0.25) is 0 Å². The topological polar surface area (TPSA) is 95.8 Å². The Balaban J connectivity index is 2.17. The van der Waals surface area contributed by atoms with Crippen molar-refractivity contribution in [3.8, 4) is 17.1 Å². The van der Waals surface area contributed by atoms with Gasteiger partial charge in [-0.2, -0.15) is 0 Å². The molecule has 0 spiro atoms. The van der Waals surface area contributed by atoms with E-state index >= 15 is 0 Å². The molecule has 2 N–H and O–H groups in total. The average molecular weight is 430 g/mol. The first-order chi connectivity index (χ1) is 15.1. The Morgan fingerprint density at radius 1 is 0.938 bits per heavy atom. The molecule has 0 bridgehead atoms. The number of carbonyl (C=O) groups excluding carboxylic acids is 1. The number of primary amides is 1. The monoisotopic (exact) mass is 429 g/mol. The fourth-order valence-corrected chi connectivity index (χ4v) is 4.36. The predicted octanol–water partition coefficient (Wildman–Crippen LogP) is 3.91. The Morgan fingerprint density at radius 2 is 1.59 bits per heavy atom. The van der Waals surface area contributed by atoms with Crippen molar-refractivity contribution in [3.05, 3.63) is 74.3 Å². The zero-order valence-electron chi connectivity index (χ0n) is 19.3. The van der Waals surface area contributed by atoms with Crippen molar-refractivity contribution < 1.29 is 4.79 Å². The summed E-state index contributed by atoms with van der Waals surface area (Å²) in [6.45, 7) is 12.2. The van der Waals surface area contributed by atoms with Crippen LogP contribution in [0.5, 0.6) is 0 Å². The number of nitrogens with zero attached hydrogens (tertiary/aromatic N) is 4. The van der Waals surface area contributed by atoms with Gasteiger partial charge in [0.05, 0.1) is 5.69 Å². The van der Waals surface area contributed by atoms with Crippen LogP contribution in [0.3, 0.4) is 0 Å². The number of hydrogen-bond acceptors (Lipinski definition) is 4. The van der Waals surface area contributed by atoms with Crippen molar-refractivity contribution in [2.75, 3.05) is 0 Å². The molecule has 32 heavy (non-hydrogen) atoms. The molecule has 4 aromatic rings. The lowest BCUT2D eigenvalue weighted by molar-refractivity contribution is 0.0997. The molecular weight excluding hydrogens is 402 g/mol. The predicted molar refractivity (Wildman–Crippen MR) is 126 cm³/mol. The van der Waals surface area contributed by atoms with Crippen molar-refractivity contribution in [1.82, 2.24) is 19.1 Å². The lowest BCUT2D eigenvalue weighted by Gasteiger charge is -2.12. The average Bonchev–Trinajstić information content (AvgIpc) is 2.99. The third-order valence-electron chi connectivity index (χ3n) is 5.97. The number of carbonyl (C=O) groups is 1. The molecule has 2 aromatic heterocycles. The normalized spacial score (nSPS) is 11.3. The summed E-state index contributed by atoms with van der Waals surface area (Å²) in [5.74, 6) is -0.312. The number of imidazole rings is 1. The summed E-state index contributed by atoms with van der Waals surface area (Å²) in [5.41, 5.74) is 13.1. The Bertz CT molecular complexity index is 1440. The highest BCUT2D eigenvalue weighted by Crippen LogP contribution is 2.29. The van der Waals surface area contributed by atoms with Gasteiger partial charge in [-0.25, -0.2) is 19.3 Å². The molecule has 0 atom stereocenters. The Kier molecular flexibility index (Phi) is 5.20. The molecule has 1 amide bonds. The van der Waals surface area contributed by atoms with Crippen LogP contribution >= 0.6 is 0 Å². The third kappa shape index (κ3) is 3.30. The van der Waals surface area contributed by atoms with Crippen LogP contribution in [0.1, 0.15) is 45.2 Å². The first kappa shape index (κ1) is 21.5. The lowest BCUT2D eigenvalue weighted by Crippen LogP contribution is -2.23. The molecular formula is C25H27N5O2. The summed E-state index contributed by atoms with van der Waals surface area (Å²) in [6, 6.07) is 9.90. The SMILES string of the molecule is CCn1c(=O)n(-c2ccc(C)c(C)c2)c2nc(-c3c(C)cc(C)cc3C)nc(C(N)=O)c21. The van der Waals surface area contributed by atoms with Crippen LogP contribution in [0.4, 0.5) is 0 Å². The van der Waals surface area contributed by atoms with Crippen molar-refractivity contribution in [2.24, 2.45) is 5.73 Å². The highest BCUT2D eigenvalue weighted by Gasteiger charge is 2.24. The van der Waals surface area contributed by atoms with Crippen LogP contribution in [-0.4, -0.2) is 25.0 Å². The summed E-state index contributed by atoms with van der Waals surface area (Å²) in [5, 5.41) is 0. The van der Waals surface area contributed by atoms with Crippen molar-refractivity contribution in [2.45, 2.75) is 48.1 Å². The van der Waals surface area contributed by atoms with E-state index in [2.05, 4.69) is 4.98 Å². The van der Waals surface area contributed by atoms with E-state index in [4.69, 9.17) is 10.7 Å². The molecule has 0 radical (unpaired) electrons. The van der Waals surface area contributed by atoms with E-state index in [9.17, 15) is 9.59 Å². The van der Waals surface area contributed by atoms with E-state index in [1.165, 1.54) is 4.57 Å². The number of fused-ring (bicyclic) bond motifs is 1. The van der Waals surface area contributed by atoms with Crippen molar-refractivity contribution in [3.63, 3.8) is 0 Å². The Morgan fingerprint density at radius 3 is 2.16 bits per heavy atom. The van der Waals surface area contributed by atoms with Crippen LogP contribution in [0.15, 0.2) is 35.1 Å². The molecule has 7 heteroatoms. The van der Waals surface area contributed by atoms with Crippen LogP contribution in [-0.2, 0) is 6.54 Å². The van der Waals surface area contributed by atoms with Crippen molar-refractivity contribution in [1.29, 1.82) is 0 Å². The van der Waals surface area contributed by atoms with Gasteiger partial charge in [-0.05, 0) is 75.9 Å². The lowest BCUT2D eigenvalue weighted by atomic mass is 9.99. The molecule has 0 aliphatic heterocycles. The molecule has 164 valence electrons. The molecule has 0 saturated heterocycles. The molecule has 4 rings (SSSR count). The number of rotatable bonds is 4. The minimum atomic E-state index is -0.694. The maximum absolute atomic E-state index is 13.4. The maximum Gasteiger partial charge on any atom is 0.335 e. The van der Waals surface area contributed by atoms with E-state index in [0.29, 0.717) is 29.2 Å². The number of aromatic nitrogens is 4. The Hall–Kier alpha value is -3.74. The first-order valence-electron chi connectivity index (χ1n) is 10.6. The van der Waals surface area contributed by atoms with Gasteiger partial charge in [-0.15, -0.1) is 0 Å². The second kappa shape index (κ2) is 7.75. The summed E-state index contributed by atoms with van der Waals surface area (Å²) >= 11 is 0. The number of aryl methyl sites for hydroxylation is 6. The first-order valence-corrected chi connectivity index (χ1v) is 10.6. The molecule has 2 aromatic carbocycles. The Labute approximate surface area is 186 Å². The van der Waals surface area contributed by atoms with E-state index in [1.807, 2.05) is 71.9 Å². The minimum Gasteiger partial charge on any atom is -0.364 e. The summed E-state index contributed by atoms with van der Waals surface area (Å²) < 4.78 is 3.05. The highest BCUT2D eigenvalue weighted by atomic mass is 16.2. The van der Waals surface area contributed by atoms with Crippen LogP contribution in [0.25, 0.3) is 28.2 Å². The van der Waals surface area contributed by atoms with Gasteiger partial charge >= 0.3 is 5.69 Å². The summed E-state index contributed by atoms with van der Waals surface area (Å²) in [7, 11) is 0. The minimum absolute atomic E-state index is 0.0471. The van der Waals surface area contributed by atoms with Gasteiger partial charge in [0, 0.05) is 12.1 Å².